The lowest BCUT2D eigenvalue weighted by Crippen LogP contribution is -2.36. The van der Waals surface area contributed by atoms with Crippen LogP contribution in [-0.4, -0.2) is 17.5 Å². The van der Waals surface area contributed by atoms with Gasteiger partial charge in [0.1, 0.15) is 0 Å². The molecular weight excluding hydrogens is 451 g/mol. The van der Waals surface area contributed by atoms with Crippen molar-refractivity contribution in [2.45, 2.75) is 53.1 Å². The summed E-state index contributed by atoms with van der Waals surface area (Å²) in [5.41, 5.74) is 1.14. The third-order valence-corrected chi connectivity index (χ3v) is 5.48. The molecule has 0 saturated carbocycles. The van der Waals surface area contributed by atoms with Gasteiger partial charge in [-0.1, -0.05) is 20.8 Å². The average molecular weight is 478 g/mol. The molecule has 2 aromatic heterocycles. The zero-order valence-electron chi connectivity index (χ0n) is 15.0. The minimum atomic E-state index is 0. The van der Waals surface area contributed by atoms with Crippen molar-refractivity contribution < 1.29 is 0 Å². The molecule has 0 aliphatic heterocycles. The van der Waals surface area contributed by atoms with Crippen LogP contribution in [0.4, 0.5) is 0 Å². The fraction of sp³-hybridized carbons (Fsp3) is 0.529. The Morgan fingerprint density at radius 3 is 2.54 bits per heavy atom. The number of nitrogens with zero attached hydrogens (tertiary/aromatic N) is 2. The molecule has 0 radical (unpaired) electrons. The average Bonchev–Trinajstić information content (AvgIpc) is 3.10. The number of hydrogen-bond acceptors (Lipinski definition) is 4. The first kappa shape index (κ1) is 21.4. The van der Waals surface area contributed by atoms with Gasteiger partial charge in [0.25, 0.3) is 0 Å². The Kier molecular flexibility index (Phi) is 8.66. The molecule has 7 heteroatoms. The van der Waals surface area contributed by atoms with Gasteiger partial charge in [-0.2, -0.15) is 0 Å². The predicted molar refractivity (Wildman–Crippen MR) is 117 cm³/mol. The third-order valence-electron chi connectivity index (χ3n) is 3.16. The zero-order chi connectivity index (χ0) is 16.9. The Balaban J connectivity index is 0.00000288. The van der Waals surface area contributed by atoms with Crippen LogP contribution in [0, 0.1) is 6.92 Å². The maximum absolute atomic E-state index is 4.69. The number of rotatable bonds is 5. The molecule has 0 fully saturated rings. The molecule has 0 amide bonds. The van der Waals surface area contributed by atoms with E-state index in [-0.39, 0.29) is 29.4 Å². The summed E-state index contributed by atoms with van der Waals surface area (Å²) in [6.07, 6.45) is 0. The van der Waals surface area contributed by atoms with Crippen molar-refractivity contribution in [3.63, 3.8) is 0 Å². The van der Waals surface area contributed by atoms with Crippen molar-refractivity contribution in [2.24, 2.45) is 4.99 Å². The highest BCUT2D eigenvalue weighted by molar-refractivity contribution is 14.0. The van der Waals surface area contributed by atoms with Gasteiger partial charge in [-0.25, -0.2) is 9.98 Å². The van der Waals surface area contributed by atoms with Gasteiger partial charge in [0.2, 0.25) is 0 Å². The predicted octanol–water partition coefficient (Wildman–Crippen LogP) is 4.68. The highest BCUT2D eigenvalue weighted by Gasteiger charge is 2.17. The zero-order valence-corrected chi connectivity index (χ0v) is 18.9. The topological polar surface area (TPSA) is 49.3 Å². The van der Waals surface area contributed by atoms with E-state index in [1.165, 1.54) is 9.75 Å². The van der Waals surface area contributed by atoms with Crippen LogP contribution >= 0.6 is 46.7 Å². The second-order valence-electron chi connectivity index (χ2n) is 6.46. The maximum atomic E-state index is 4.69. The highest BCUT2D eigenvalue weighted by Crippen LogP contribution is 2.25. The Bertz CT molecular complexity index is 656. The number of guanidine groups is 1. The van der Waals surface area contributed by atoms with Gasteiger partial charge in [-0.05, 0) is 26.0 Å². The number of thiazole rings is 1. The quantitative estimate of drug-likeness (QED) is 0.373. The fourth-order valence-corrected chi connectivity index (χ4v) is 3.71. The summed E-state index contributed by atoms with van der Waals surface area (Å²) < 4.78 is 0. The van der Waals surface area contributed by atoms with Crippen molar-refractivity contribution in [3.05, 3.63) is 38.0 Å². The van der Waals surface area contributed by atoms with Crippen LogP contribution in [0.15, 0.2) is 22.5 Å². The fourth-order valence-electron chi connectivity index (χ4n) is 1.98. The standard InChI is InChI=1S/C17H26N4S2.HI/c1-6-18-16(20-10-14-8-7-12(2)23-14)19-9-13-11-22-15(21-13)17(3,4)5;/h7-8,11H,6,9-10H2,1-5H3,(H2,18,19,20);1H. The van der Waals surface area contributed by atoms with Crippen LogP contribution in [0.25, 0.3) is 0 Å². The van der Waals surface area contributed by atoms with E-state index in [0.717, 1.165) is 29.8 Å². The molecule has 4 nitrogen and oxygen atoms in total. The number of aryl methyl sites for hydroxylation is 1. The minimum Gasteiger partial charge on any atom is -0.357 e. The molecule has 0 aliphatic rings. The van der Waals surface area contributed by atoms with Gasteiger partial charge < -0.3 is 10.6 Å². The van der Waals surface area contributed by atoms with Gasteiger partial charge >= 0.3 is 0 Å². The van der Waals surface area contributed by atoms with E-state index >= 15 is 0 Å². The molecule has 0 bridgehead atoms. The monoisotopic (exact) mass is 478 g/mol. The summed E-state index contributed by atoms with van der Waals surface area (Å²) in [6, 6.07) is 4.31. The van der Waals surface area contributed by atoms with Gasteiger partial charge in [-0.3, -0.25) is 0 Å². The van der Waals surface area contributed by atoms with Crippen LogP contribution in [0.2, 0.25) is 0 Å². The summed E-state index contributed by atoms with van der Waals surface area (Å²) in [4.78, 5) is 12.0. The molecule has 2 aromatic rings. The molecular formula is C17H27IN4S2. The van der Waals surface area contributed by atoms with E-state index in [2.05, 4.69) is 67.8 Å². The summed E-state index contributed by atoms with van der Waals surface area (Å²) in [6.45, 7) is 13.0. The van der Waals surface area contributed by atoms with Gasteiger partial charge in [0, 0.05) is 27.1 Å². The molecule has 24 heavy (non-hydrogen) atoms. The molecule has 0 spiro atoms. The van der Waals surface area contributed by atoms with Crippen LogP contribution in [0.1, 0.15) is 48.2 Å². The molecule has 2 rings (SSSR count). The van der Waals surface area contributed by atoms with Crippen LogP contribution in [-0.2, 0) is 18.5 Å². The molecule has 134 valence electrons. The molecule has 0 unspecified atom stereocenters. The highest BCUT2D eigenvalue weighted by atomic mass is 127. The molecule has 0 aromatic carbocycles. The number of thiophene rings is 1. The van der Waals surface area contributed by atoms with Crippen molar-refractivity contribution in [1.29, 1.82) is 0 Å². The Hall–Kier alpha value is -0.670. The number of nitrogens with one attached hydrogen (secondary N) is 2. The Morgan fingerprint density at radius 1 is 1.25 bits per heavy atom. The van der Waals surface area contributed by atoms with E-state index in [1.54, 1.807) is 11.3 Å². The van der Waals surface area contributed by atoms with Gasteiger partial charge in [-0.15, -0.1) is 46.7 Å². The maximum Gasteiger partial charge on any atom is 0.191 e. The molecule has 2 heterocycles. The summed E-state index contributed by atoms with van der Waals surface area (Å²) in [5.74, 6) is 0.837. The van der Waals surface area contributed by atoms with Crippen molar-refractivity contribution in [2.75, 3.05) is 6.54 Å². The normalized spacial score (nSPS) is 12.0. The lowest BCUT2D eigenvalue weighted by molar-refractivity contribution is 0.583. The first-order chi connectivity index (χ1) is 10.9. The largest absolute Gasteiger partial charge is 0.357 e. The number of aliphatic imine (C=N–C) groups is 1. The first-order valence-corrected chi connectivity index (χ1v) is 9.60. The summed E-state index contributed by atoms with van der Waals surface area (Å²) in [7, 11) is 0. The summed E-state index contributed by atoms with van der Waals surface area (Å²) >= 11 is 3.53. The van der Waals surface area contributed by atoms with Crippen molar-refractivity contribution in [3.8, 4) is 0 Å². The van der Waals surface area contributed by atoms with Gasteiger partial charge in [0.15, 0.2) is 5.96 Å². The van der Waals surface area contributed by atoms with E-state index < -0.39 is 0 Å². The minimum absolute atomic E-state index is 0. The Labute approximate surface area is 170 Å². The van der Waals surface area contributed by atoms with E-state index in [4.69, 9.17) is 4.98 Å². The molecule has 0 aliphatic carbocycles. The lowest BCUT2D eigenvalue weighted by atomic mass is 9.98. The SMILES string of the molecule is CCNC(=NCc1csc(C(C)(C)C)n1)NCc1ccc(C)s1.I. The molecule has 2 N–H and O–H groups in total. The number of aromatic nitrogens is 1. The molecule has 0 saturated heterocycles. The van der Waals surface area contributed by atoms with Crippen LogP contribution in [0.3, 0.4) is 0 Å². The summed E-state index contributed by atoms with van der Waals surface area (Å²) in [5, 5.41) is 9.94. The third kappa shape index (κ3) is 6.68. The van der Waals surface area contributed by atoms with E-state index in [0.29, 0.717) is 6.54 Å². The van der Waals surface area contributed by atoms with Crippen LogP contribution < -0.4 is 10.6 Å². The number of halogens is 1. The van der Waals surface area contributed by atoms with Crippen molar-refractivity contribution in [1.82, 2.24) is 15.6 Å². The second kappa shape index (κ2) is 9.72. The number of hydrogen-bond donors (Lipinski definition) is 2. The van der Waals surface area contributed by atoms with Crippen molar-refractivity contribution >= 4 is 52.6 Å². The molecule has 0 atom stereocenters. The first-order valence-electron chi connectivity index (χ1n) is 7.91. The van der Waals surface area contributed by atoms with E-state index in [1.807, 2.05) is 11.3 Å². The Morgan fingerprint density at radius 2 is 2.00 bits per heavy atom. The van der Waals surface area contributed by atoms with Gasteiger partial charge in [0.05, 0.1) is 23.8 Å². The second-order valence-corrected chi connectivity index (χ2v) is 8.69. The van der Waals surface area contributed by atoms with E-state index in [9.17, 15) is 0 Å². The lowest BCUT2D eigenvalue weighted by Gasteiger charge is -2.13. The van der Waals surface area contributed by atoms with Crippen LogP contribution in [0.5, 0.6) is 0 Å². The smallest absolute Gasteiger partial charge is 0.191 e.